The second-order valence-corrected chi connectivity index (χ2v) is 5.07. The molecule has 1 fully saturated rings. The highest BCUT2D eigenvalue weighted by Gasteiger charge is 2.38. The molecule has 1 aliphatic rings. The molecule has 21 heavy (non-hydrogen) atoms. The van der Waals surface area contributed by atoms with Crippen LogP contribution in [0.15, 0.2) is 30.3 Å². The van der Waals surface area contributed by atoms with E-state index >= 15 is 0 Å². The van der Waals surface area contributed by atoms with E-state index in [2.05, 4.69) is 10.1 Å². The van der Waals surface area contributed by atoms with E-state index in [0.717, 1.165) is 5.56 Å². The van der Waals surface area contributed by atoms with Gasteiger partial charge in [0.15, 0.2) is 0 Å². The Hall–Kier alpha value is -2.08. The molecule has 0 spiro atoms. The fourth-order valence-electron chi connectivity index (χ4n) is 2.45. The number of carbonyl (C=O) groups excluding carboxylic acids is 2. The van der Waals surface area contributed by atoms with Gasteiger partial charge in [-0.2, -0.15) is 0 Å². The van der Waals surface area contributed by atoms with Crippen molar-refractivity contribution in [1.82, 2.24) is 5.32 Å². The number of hydrogen-bond donors (Lipinski definition) is 2. The standard InChI is InChI=1S/C15H19NO5/c1-20-14(18)11-7-12(13(17)8-11)16-15(19)21-9-10-5-3-2-4-6-10/h2-6,11-13,17H,7-9H2,1H3,(H,16,19)/t11-,12+,13-/m1/s1. The summed E-state index contributed by atoms with van der Waals surface area (Å²) in [4.78, 5) is 23.1. The Balaban J connectivity index is 1.79. The fourth-order valence-corrected chi connectivity index (χ4v) is 2.45. The van der Waals surface area contributed by atoms with E-state index in [1.165, 1.54) is 7.11 Å². The molecule has 1 saturated carbocycles. The summed E-state index contributed by atoms with van der Waals surface area (Å²) < 4.78 is 9.73. The lowest BCUT2D eigenvalue weighted by Crippen LogP contribution is -2.40. The summed E-state index contributed by atoms with van der Waals surface area (Å²) in [6, 6.07) is 8.81. The number of nitrogens with one attached hydrogen (secondary N) is 1. The highest BCUT2D eigenvalue weighted by atomic mass is 16.5. The molecule has 2 N–H and O–H groups in total. The third kappa shape index (κ3) is 4.19. The SMILES string of the molecule is COC(=O)[C@H]1C[C@@H](O)[C@@H](NC(=O)OCc2ccccc2)C1. The van der Waals surface area contributed by atoms with Crippen LogP contribution in [0.4, 0.5) is 4.79 Å². The molecular formula is C15H19NO5. The third-order valence-electron chi connectivity index (χ3n) is 3.58. The van der Waals surface area contributed by atoms with Gasteiger partial charge in [0.05, 0.1) is 25.2 Å². The maximum Gasteiger partial charge on any atom is 0.407 e. The molecule has 0 aliphatic heterocycles. The summed E-state index contributed by atoms with van der Waals surface area (Å²) in [5, 5.41) is 12.4. The topological polar surface area (TPSA) is 84.9 Å². The van der Waals surface area contributed by atoms with Crippen LogP contribution in [0.5, 0.6) is 0 Å². The highest BCUT2D eigenvalue weighted by molar-refractivity contribution is 5.73. The molecular weight excluding hydrogens is 274 g/mol. The summed E-state index contributed by atoms with van der Waals surface area (Å²) in [6.07, 6.45) is -0.725. The molecule has 1 aromatic carbocycles. The lowest BCUT2D eigenvalue weighted by atomic mass is 10.1. The van der Waals surface area contributed by atoms with Crippen molar-refractivity contribution in [3.05, 3.63) is 35.9 Å². The molecule has 6 heteroatoms. The van der Waals surface area contributed by atoms with Crippen molar-refractivity contribution in [3.63, 3.8) is 0 Å². The van der Waals surface area contributed by atoms with Crippen LogP contribution in [-0.2, 0) is 20.9 Å². The average Bonchev–Trinajstić information content (AvgIpc) is 2.86. The van der Waals surface area contributed by atoms with Crippen LogP contribution in [0.1, 0.15) is 18.4 Å². The number of alkyl carbamates (subject to hydrolysis) is 1. The van der Waals surface area contributed by atoms with Gasteiger partial charge in [0.2, 0.25) is 0 Å². The first-order valence-corrected chi connectivity index (χ1v) is 6.83. The summed E-state index contributed by atoms with van der Waals surface area (Å²) in [7, 11) is 1.31. The lowest BCUT2D eigenvalue weighted by molar-refractivity contribution is -0.145. The second-order valence-electron chi connectivity index (χ2n) is 5.07. The van der Waals surface area contributed by atoms with Gasteiger partial charge >= 0.3 is 12.1 Å². The zero-order chi connectivity index (χ0) is 15.2. The van der Waals surface area contributed by atoms with Crippen LogP contribution >= 0.6 is 0 Å². The molecule has 0 aromatic heterocycles. The predicted octanol–water partition coefficient (Wildman–Crippen LogP) is 1.23. The number of hydrogen-bond acceptors (Lipinski definition) is 5. The molecule has 0 bridgehead atoms. The maximum absolute atomic E-state index is 11.7. The summed E-state index contributed by atoms with van der Waals surface area (Å²) in [6.45, 7) is 0.163. The van der Waals surface area contributed by atoms with Gasteiger partial charge in [0, 0.05) is 0 Å². The Morgan fingerprint density at radius 2 is 2.00 bits per heavy atom. The number of methoxy groups -OCH3 is 1. The lowest BCUT2D eigenvalue weighted by Gasteiger charge is -2.16. The van der Waals surface area contributed by atoms with Crippen molar-refractivity contribution >= 4 is 12.1 Å². The number of aliphatic hydroxyl groups is 1. The van der Waals surface area contributed by atoms with Crippen LogP contribution in [0, 0.1) is 5.92 Å². The number of benzene rings is 1. The minimum Gasteiger partial charge on any atom is -0.469 e. The van der Waals surface area contributed by atoms with Crippen molar-refractivity contribution < 1.29 is 24.2 Å². The number of rotatable bonds is 4. The van der Waals surface area contributed by atoms with Gasteiger partial charge in [-0.1, -0.05) is 30.3 Å². The van der Waals surface area contributed by atoms with Gasteiger partial charge in [-0.25, -0.2) is 4.79 Å². The van der Waals surface area contributed by atoms with Crippen LogP contribution in [0.3, 0.4) is 0 Å². The second kappa shape index (κ2) is 7.08. The first-order valence-electron chi connectivity index (χ1n) is 6.83. The first kappa shape index (κ1) is 15.3. The summed E-state index contributed by atoms with van der Waals surface area (Å²) in [5.74, 6) is -0.750. The van der Waals surface area contributed by atoms with E-state index in [-0.39, 0.29) is 24.9 Å². The van der Waals surface area contributed by atoms with Gasteiger partial charge in [-0.3, -0.25) is 4.79 Å². The van der Waals surface area contributed by atoms with Crippen LogP contribution in [0.2, 0.25) is 0 Å². The number of carbonyl (C=O) groups is 2. The molecule has 1 aliphatic carbocycles. The quantitative estimate of drug-likeness (QED) is 0.815. The van der Waals surface area contributed by atoms with E-state index in [0.29, 0.717) is 6.42 Å². The van der Waals surface area contributed by atoms with Gasteiger partial charge < -0.3 is 19.9 Å². The fraction of sp³-hybridized carbons (Fsp3) is 0.467. The van der Waals surface area contributed by atoms with Gasteiger partial charge in [0.25, 0.3) is 0 Å². The van der Waals surface area contributed by atoms with Gasteiger partial charge in [-0.05, 0) is 18.4 Å². The molecule has 0 saturated heterocycles. The number of aliphatic hydroxyl groups excluding tert-OH is 1. The Bertz CT molecular complexity index is 490. The summed E-state index contributed by atoms with van der Waals surface area (Å²) in [5.41, 5.74) is 0.882. The van der Waals surface area contributed by atoms with E-state index in [1.54, 1.807) is 0 Å². The van der Waals surface area contributed by atoms with Crippen molar-refractivity contribution in [2.24, 2.45) is 5.92 Å². The minimum atomic E-state index is -0.765. The third-order valence-corrected chi connectivity index (χ3v) is 3.58. The van der Waals surface area contributed by atoms with Gasteiger partial charge in [0.1, 0.15) is 6.61 Å². The van der Waals surface area contributed by atoms with Crippen molar-refractivity contribution in [1.29, 1.82) is 0 Å². The molecule has 2 rings (SSSR count). The smallest absolute Gasteiger partial charge is 0.407 e. The number of amides is 1. The predicted molar refractivity (Wildman–Crippen MR) is 74.3 cm³/mol. The average molecular weight is 293 g/mol. The van der Waals surface area contributed by atoms with Crippen LogP contribution in [-0.4, -0.2) is 36.4 Å². The maximum atomic E-state index is 11.7. The molecule has 1 aromatic rings. The Morgan fingerprint density at radius 1 is 1.29 bits per heavy atom. The largest absolute Gasteiger partial charge is 0.469 e. The molecule has 1 amide bonds. The zero-order valence-electron chi connectivity index (χ0n) is 11.8. The molecule has 0 unspecified atom stereocenters. The highest BCUT2D eigenvalue weighted by Crippen LogP contribution is 2.27. The first-order chi connectivity index (χ1) is 10.1. The Morgan fingerprint density at radius 3 is 2.67 bits per heavy atom. The van der Waals surface area contributed by atoms with Crippen molar-refractivity contribution in [2.75, 3.05) is 7.11 Å². The normalized spacial score (nSPS) is 24.4. The van der Waals surface area contributed by atoms with E-state index in [4.69, 9.17) is 4.74 Å². The van der Waals surface area contributed by atoms with E-state index in [1.807, 2.05) is 30.3 Å². The molecule has 6 nitrogen and oxygen atoms in total. The molecule has 0 radical (unpaired) electrons. The minimum absolute atomic E-state index is 0.163. The number of esters is 1. The van der Waals surface area contributed by atoms with E-state index in [9.17, 15) is 14.7 Å². The van der Waals surface area contributed by atoms with Crippen molar-refractivity contribution in [2.45, 2.75) is 31.6 Å². The van der Waals surface area contributed by atoms with Crippen molar-refractivity contribution in [3.8, 4) is 0 Å². The molecule has 0 heterocycles. The van der Waals surface area contributed by atoms with E-state index < -0.39 is 18.2 Å². The monoisotopic (exact) mass is 293 g/mol. The number of ether oxygens (including phenoxy) is 2. The summed E-state index contributed by atoms with van der Waals surface area (Å²) >= 11 is 0. The Kier molecular flexibility index (Phi) is 5.16. The molecule has 3 atom stereocenters. The van der Waals surface area contributed by atoms with Gasteiger partial charge in [-0.15, -0.1) is 0 Å². The zero-order valence-corrected chi connectivity index (χ0v) is 11.8. The Labute approximate surface area is 123 Å². The van der Waals surface area contributed by atoms with Crippen LogP contribution in [0.25, 0.3) is 0 Å². The molecule has 114 valence electrons. The van der Waals surface area contributed by atoms with Crippen LogP contribution < -0.4 is 5.32 Å².